The average molecular weight is 462 g/mol. The van der Waals surface area contributed by atoms with Crippen LogP contribution in [0.5, 0.6) is 5.75 Å². The first kappa shape index (κ1) is 23.1. The lowest BCUT2D eigenvalue weighted by molar-refractivity contribution is 0.0404. The SMILES string of the molecule is CC(C)c1c(OCc2cn(-c3ccc(F)cc3)nn2)ccc2c1CC[C@H]1C(C)(C)CCC[C@]21C. The van der Waals surface area contributed by atoms with Gasteiger partial charge >= 0.3 is 0 Å². The summed E-state index contributed by atoms with van der Waals surface area (Å²) in [5.41, 5.74) is 6.58. The molecule has 5 rings (SSSR count). The fraction of sp³-hybridized carbons (Fsp3) is 0.517. The molecular formula is C29H36FN3O. The molecule has 34 heavy (non-hydrogen) atoms. The Hall–Kier alpha value is -2.69. The minimum atomic E-state index is -0.266. The Bertz CT molecular complexity index is 1180. The number of ether oxygens (including phenoxy) is 1. The predicted octanol–water partition coefficient (Wildman–Crippen LogP) is 7.14. The van der Waals surface area contributed by atoms with Crippen molar-refractivity contribution in [1.29, 1.82) is 0 Å². The molecule has 180 valence electrons. The molecule has 0 saturated heterocycles. The van der Waals surface area contributed by atoms with Gasteiger partial charge in [-0.3, -0.25) is 0 Å². The number of rotatable bonds is 5. The molecular weight excluding hydrogens is 425 g/mol. The normalized spacial score (nSPS) is 23.4. The summed E-state index contributed by atoms with van der Waals surface area (Å²) < 4.78 is 21.2. The Morgan fingerprint density at radius 3 is 2.59 bits per heavy atom. The number of nitrogens with zero attached hydrogens (tertiary/aromatic N) is 3. The molecule has 3 aromatic rings. The van der Waals surface area contributed by atoms with Gasteiger partial charge in [-0.1, -0.05) is 52.3 Å². The van der Waals surface area contributed by atoms with E-state index in [1.807, 2.05) is 6.20 Å². The topological polar surface area (TPSA) is 39.9 Å². The largest absolute Gasteiger partial charge is 0.487 e. The van der Waals surface area contributed by atoms with Crippen molar-refractivity contribution in [2.24, 2.45) is 11.3 Å². The summed E-state index contributed by atoms with van der Waals surface area (Å²) in [5.74, 6) is 1.81. The van der Waals surface area contributed by atoms with Gasteiger partial charge in [0, 0.05) is 5.56 Å². The van der Waals surface area contributed by atoms with Crippen molar-refractivity contribution >= 4 is 0 Å². The first-order valence-corrected chi connectivity index (χ1v) is 12.7. The highest BCUT2D eigenvalue weighted by molar-refractivity contribution is 5.51. The van der Waals surface area contributed by atoms with Crippen LogP contribution in [0, 0.1) is 17.2 Å². The zero-order valence-electron chi connectivity index (χ0n) is 21.1. The number of hydrogen-bond acceptors (Lipinski definition) is 3. The van der Waals surface area contributed by atoms with Crippen LogP contribution in [-0.4, -0.2) is 15.0 Å². The first-order chi connectivity index (χ1) is 16.2. The molecule has 0 amide bonds. The molecule has 1 saturated carbocycles. The second-order valence-corrected chi connectivity index (χ2v) is 11.4. The lowest BCUT2D eigenvalue weighted by Crippen LogP contribution is -2.48. The molecule has 0 bridgehead atoms. The molecule has 5 heteroatoms. The van der Waals surface area contributed by atoms with Gasteiger partial charge in [0.25, 0.3) is 0 Å². The lowest BCUT2D eigenvalue weighted by Gasteiger charge is -2.54. The van der Waals surface area contributed by atoms with Gasteiger partial charge < -0.3 is 4.74 Å². The highest BCUT2D eigenvalue weighted by Crippen LogP contribution is 2.58. The summed E-state index contributed by atoms with van der Waals surface area (Å²) in [6.07, 6.45) is 8.14. The summed E-state index contributed by atoms with van der Waals surface area (Å²) >= 11 is 0. The molecule has 1 heterocycles. The van der Waals surface area contributed by atoms with Crippen LogP contribution in [-0.2, 0) is 18.4 Å². The van der Waals surface area contributed by atoms with Crippen molar-refractivity contribution in [3.63, 3.8) is 0 Å². The number of aromatic nitrogens is 3. The van der Waals surface area contributed by atoms with Crippen molar-refractivity contribution in [3.8, 4) is 11.4 Å². The number of halogens is 1. The fourth-order valence-electron chi connectivity index (χ4n) is 6.89. The maximum absolute atomic E-state index is 13.2. The van der Waals surface area contributed by atoms with E-state index in [1.54, 1.807) is 22.4 Å². The van der Waals surface area contributed by atoms with Crippen LogP contribution in [0.25, 0.3) is 5.69 Å². The molecule has 2 aromatic carbocycles. The van der Waals surface area contributed by atoms with Crippen molar-refractivity contribution in [2.45, 2.75) is 84.7 Å². The predicted molar refractivity (Wildman–Crippen MR) is 133 cm³/mol. The quantitative estimate of drug-likeness (QED) is 0.405. The third-order valence-corrected chi connectivity index (χ3v) is 8.43. The Morgan fingerprint density at radius 1 is 1.09 bits per heavy atom. The fourth-order valence-corrected chi connectivity index (χ4v) is 6.89. The van der Waals surface area contributed by atoms with Gasteiger partial charge in [-0.2, -0.15) is 0 Å². The third kappa shape index (κ3) is 3.93. The van der Waals surface area contributed by atoms with Crippen LogP contribution in [0.3, 0.4) is 0 Å². The Kier molecular flexibility index (Phi) is 5.78. The van der Waals surface area contributed by atoms with E-state index >= 15 is 0 Å². The molecule has 1 aromatic heterocycles. The van der Waals surface area contributed by atoms with Crippen molar-refractivity contribution in [2.75, 3.05) is 0 Å². The van der Waals surface area contributed by atoms with Crippen molar-refractivity contribution in [1.82, 2.24) is 15.0 Å². The summed E-state index contributed by atoms with van der Waals surface area (Å²) in [4.78, 5) is 0. The van der Waals surface area contributed by atoms with Crippen molar-refractivity contribution < 1.29 is 9.13 Å². The minimum Gasteiger partial charge on any atom is -0.487 e. The van der Waals surface area contributed by atoms with Gasteiger partial charge in [0.05, 0.1) is 11.9 Å². The van der Waals surface area contributed by atoms with E-state index in [4.69, 9.17) is 4.74 Å². The third-order valence-electron chi connectivity index (χ3n) is 8.43. The molecule has 0 spiro atoms. The van der Waals surface area contributed by atoms with Crippen LogP contribution >= 0.6 is 0 Å². The van der Waals surface area contributed by atoms with Crippen LogP contribution < -0.4 is 4.74 Å². The van der Waals surface area contributed by atoms with Crippen LogP contribution in [0.1, 0.15) is 88.6 Å². The minimum absolute atomic E-state index is 0.245. The van der Waals surface area contributed by atoms with E-state index in [9.17, 15) is 4.39 Å². The molecule has 0 radical (unpaired) electrons. The van der Waals surface area contributed by atoms with Gasteiger partial charge in [0.15, 0.2) is 0 Å². The molecule has 0 unspecified atom stereocenters. The molecule has 1 fully saturated rings. The highest BCUT2D eigenvalue weighted by Gasteiger charge is 2.50. The Balaban J connectivity index is 1.41. The van der Waals surface area contributed by atoms with Gasteiger partial charge in [-0.05, 0) is 89.8 Å². The first-order valence-electron chi connectivity index (χ1n) is 12.7. The number of fused-ring (bicyclic) bond motifs is 3. The zero-order chi connectivity index (χ0) is 24.1. The average Bonchev–Trinajstić information content (AvgIpc) is 3.26. The maximum Gasteiger partial charge on any atom is 0.134 e. The van der Waals surface area contributed by atoms with Crippen LogP contribution in [0.2, 0.25) is 0 Å². The molecule has 0 N–H and O–H groups in total. The monoisotopic (exact) mass is 461 g/mol. The van der Waals surface area contributed by atoms with E-state index in [0.29, 0.717) is 17.9 Å². The van der Waals surface area contributed by atoms with E-state index in [-0.39, 0.29) is 11.2 Å². The van der Waals surface area contributed by atoms with E-state index < -0.39 is 0 Å². The molecule has 2 atom stereocenters. The van der Waals surface area contributed by atoms with Gasteiger partial charge in [0.1, 0.15) is 23.9 Å². The van der Waals surface area contributed by atoms with Crippen LogP contribution in [0.15, 0.2) is 42.6 Å². The highest BCUT2D eigenvalue weighted by atomic mass is 19.1. The van der Waals surface area contributed by atoms with Crippen molar-refractivity contribution in [3.05, 3.63) is 70.8 Å². The van der Waals surface area contributed by atoms with Gasteiger partial charge in [-0.15, -0.1) is 5.10 Å². The summed E-state index contributed by atoms with van der Waals surface area (Å²) in [6, 6.07) is 10.8. The second-order valence-electron chi connectivity index (χ2n) is 11.4. The maximum atomic E-state index is 13.2. The Labute approximate surface area is 202 Å². The number of hydrogen-bond donors (Lipinski definition) is 0. The molecule has 2 aliphatic carbocycles. The Morgan fingerprint density at radius 2 is 1.85 bits per heavy atom. The van der Waals surface area contributed by atoms with E-state index in [0.717, 1.165) is 29.5 Å². The number of benzene rings is 2. The zero-order valence-corrected chi connectivity index (χ0v) is 21.1. The van der Waals surface area contributed by atoms with E-state index in [2.05, 4.69) is 57.1 Å². The van der Waals surface area contributed by atoms with E-state index in [1.165, 1.54) is 48.9 Å². The standard InChI is InChI=1S/C29H36FN3O/c1-19(2)27-23-11-14-26-28(3,4)15-6-16-29(26,5)24(23)12-13-25(27)34-18-21-17-33(32-31-21)22-9-7-20(30)8-10-22/h7-10,12-13,17,19,26H,6,11,14-16,18H2,1-5H3/t26-,29+/m0/s1. The van der Waals surface area contributed by atoms with Gasteiger partial charge in [0.2, 0.25) is 0 Å². The summed E-state index contributed by atoms with van der Waals surface area (Å²) in [5, 5.41) is 8.46. The summed E-state index contributed by atoms with van der Waals surface area (Å²) in [6.45, 7) is 12.3. The molecule has 4 nitrogen and oxygen atoms in total. The second kappa shape index (κ2) is 8.51. The molecule has 0 aliphatic heterocycles. The molecule has 2 aliphatic rings. The summed E-state index contributed by atoms with van der Waals surface area (Å²) in [7, 11) is 0. The van der Waals surface area contributed by atoms with Crippen LogP contribution in [0.4, 0.5) is 4.39 Å². The lowest BCUT2D eigenvalue weighted by atomic mass is 9.50. The van der Waals surface area contributed by atoms with Gasteiger partial charge in [-0.25, -0.2) is 9.07 Å². The smallest absolute Gasteiger partial charge is 0.134 e.